The summed E-state index contributed by atoms with van der Waals surface area (Å²) in [6, 6.07) is 8.79. The van der Waals surface area contributed by atoms with E-state index in [9.17, 15) is 14.7 Å². The number of fused-ring (bicyclic) bond motifs is 3. The number of carbonyl (C=O) groups excluding carboxylic acids is 1. The van der Waals surface area contributed by atoms with Crippen molar-refractivity contribution in [2.75, 3.05) is 19.6 Å². The Morgan fingerprint density at radius 3 is 2.48 bits per heavy atom. The zero-order valence-electron chi connectivity index (χ0n) is 28.4. The molecule has 4 bridgehead atoms. The summed E-state index contributed by atoms with van der Waals surface area (Å²) in [5.41, 5.74) is 1.42. The molecule has 1 saturated heterocycles. The first-order chi connectivity index (χ1) is 22.3. The molecule has 46 heavy (non-hydrogen) atoms. The maximum Gasteiger partial charge on any atom is 0.315 e. The largest absolute Gasteiger partial charge is 0.481 e. The Balaban J connectivity index is 1.09. The summed E-state index contributed by atoms with van der Waals surface area (Å²) in [6.45, 7) is 11.5. The fraction of sp³-hybridized carbons (Fsp3) is 0.750. The Morgan fingerprint density at radius 1 is 1.07 bits per heavy atom. The Bertz CT molecular complexity index is 1360. The van der Waals surface area contributed by atoms with Gasteiger partial charge < -0.3 is 20.0 Å². The van der Waals surface area contributed by atoms with Crippen molar-refractivity contribution in [3.05, 3.63) is 47.0 Å². The average molecular weight is 629 g/mol. The van der Waals surface area contributed by atoms with Gasteiger partial charge in [0.05, 0.1) is 17.6 Å². The topological polar surface area (TPSA) is 78.9 Å². The van der Waals surface area contributed by atoms with Gasteiger partial charge in [0.25, 0.3) is 0 Å². The molecule has 5 aliphatic carbocycles. The van der Waals surface area contributed by atoms with E-state index < -0.39 is 22.2 Å². The normalized spacial score (nSPS) is 43.2. The number of aliphatic carboxylic acids is 1. The third-order valence-electron chi connectivity index (χ3n) is 15.0. The average Bonchev–Trinajstić information content (AvgIpc) is 3.85. The molecule has 0 spiro atoms. The maximum atomic E-state index is 14.1. The Morgan fingerprint density at radius 2 is 1.80 bits per heavy atom. The molecular weight excluding hydrogens is 572 g/mol. The third-order valence-corrected chi connectivity index (χ3v) is 15.0. The van der Waals surface area contributed by atoms with Gasteiger partial charge in [-0.15, -0.1) is 0 Å². The number of nitrogens with zero attached hydrogens (tertiary/aromatic N) is 1. The van der Waals surface area contributed by atoms with Crippen molar-refractivity contribution < 1.29 is 19.4 Å². The Hall–Kier alpha value is -2.02. The fourth-order valence-corrected chi connectivity index (χ4v) is 13.3. The van der Waals surface area contributed by atoms with Gasteiger partial charge in [0, 0.05) is 38.1 Å². The Labute approximate surface area is 276 Å². The number of carboxylic acid groups (broad SMARTS) is 1. The van der Waals surface area contributed by atoms with Crippen molar-refractivity contribution in [1.29, 1.82) is 0 Å². The molecule has 5 fully saturated rings. The van der Waals surface area contributed by atoms with Crippen molar-refractivity contribution >= 4 is 12.3 Å². The minimum absolute atomic E-state index is 0.0935. The number of benzene rings is 1. The van der Waals surface area contributed by atoms with Crippen molar-refractivity contribution in [2.24, 2.45) is 57.7 Å². The molecule has 0 aromatic heterocycles. The lowest BCUT2D eigenvalue weighted by Gasteiger charge is -2.60. The number of aldehydes is 1. The van der Waals surface area contributed by atoms with Crippen LogP contribution in [0.2, 0.25) is 0 Å². The van der Waals surface area contributed by atoms with E-state index in [2.05, 4.69) is 61.3 Å². The molecule has 1 aromatic carbocycles. The molecule has 0 radical (unpaired) electrons. The number of hydrogen-bond acceptors (Lipinski definition) is 5. The molecule has 1 aromatic rings. The van der Waals surface area contributed by atoms with Crippen LogP contribution in [-0.2, 0) is 27.4 Å². The second-order valence-electron chi connectivity index (χ2n) is 17.0. The van der Waals surface area contributed by atoms with Crippen molar-refractivity contribution in [2.45, 2.75) is 110 Å². The highest BCUT2D eigenvalue weighted by Gasteiger charge is 2.86. The predicted octanol–water partition coefficient (Wildman–Crippen LogP) is 6.87. The summed E-state index contributed by atoms with van der Waals surface area (Å²) in [5, 5.41) is 15.4. The number of rotatable bonds is 10. The van der Waals surface area contributed by atoms with Gasteiger partial charge in [-0.1, -0.05) is 95.2 Å². The molecule has 2 heterocycles. The number of nitrogens with one attached hydrogen (secondary N) is 1. The van der Waals surface area contributed by atoms with Gasteiger partial charge in [0.1, 0.15) is 11.7 Å². The predicted molar refractivity (Wildman–Crippen MR) is 179 cm³/mol. The maximum absolute atomic E-state index is 14.1. The zero-order valence-corrected chi connectivity index (χ0v) is 28.4. The van der Waals surface area contributed by atoms with Crippen LogP contribution in [0.15, 0.2) is 35.9 Å². The van der Waals surface area contributed by atoms with E-state index >= 15 is 0 Å². The molecule has 7 aliphatic rings. The SMILES string of the molecule is CC(C)C1=CC2CC3(C=O)[C@@H]4CC[C@@H](C)[C@H]4CC2([C@H]2C[C@@H](C4CCCCC4)[C@H](CNCCN4Cc5ccccc5C4)O2)[C@]13C(=O)O. The van der Waals surface area contributed by atoms with Gasteiger partial charge in [0.15, 0.2) is 0 Å². The molecule has 10 atom stereocenters. The zero-order chi connectivity index (χ0) is 31.8. The first-order valence-electron chi connectivity index (χ1n) is 18.8. The molecule has 2 aliphatic heterocycles. The second-order valence-corrected chi connectivity index (χ2v) is 17.0. The highest BCUT2D eigenvalue weighted by molar-refractivity contribution is 5.90. The minimum atomic E-state index is -1.15. The van der Waals surface area contributed by atoms with Crippen LogP contribution < -0.4 is 5.32 Å². The van der Waals surface area contributed by atoms with Crippen LogP contribution in [0.5, 0.6) is 0 Å². The highest BCUT2D eigenvalue weighted by atomic mass is 16.5. The fourth-order valence-electron chi connectivity index (χ4n) is 13.3. The van der Waals surface area contributed by atoms with Gasteiger partial charge in [-0.25, -0.2) is 0 Å². The van der Waals surface area contributed by atoms with Gasteiger partial charge in [-0.05, 0) is 78.2 Å². The lowest BCUT2D eigenvalue weighted by atomic mass is 9.41. The summed E-state index contributed by atoms with van der Waals surface area (Å²) in [6.07, 6.45) is 14.6. The smallest absolute Gasteiger partial charge is 0.315 e. The molecule has 6 heteroatoms. The van der Waals surface area contributed by atoms with Crippen LogP contribution in [0.4, 0.5) is 0 Å². The monoisotopic (exact) mass is 628 g/mol. The number of carbonyl (C=O) groups is 2. The summed E-state index contributed by atoms with van der Waals surface area (Å²) < 4.78 is 7.38. The third kappa shape index (κ3) is 4.17. The number of hydrogen-bond donors (Lipinski definition) is 2. The van der Waals surface area contributed by atoms with E-state index in [4.69, 9.17) is 4.74 Å². The summed E-state index contributed by atoms with van der Waals surface area (Å²) in [5.74, 6) is 1.64. The van der Waals surface area contributed by atoms with Crippen molar-refractivity contribution in [1.82, 2.24) is 10.2 Å². The molecule has 0 amide bonds. The molecular formula is C40H56N2O4. The van der Waals surface area contributed by atoms with E-state index in [0.717, 1.165) is 64.0 Å². The van der Waals surface area contributed by atoms with Gasteiger partial charge >= 0.3 is 5.97 Å². The van der Waals surface area contributed by atoms with Gasteiger partial charge in [0.2, 0.25) is 0 Å². The summed E-state index contributed by atoms with van der Waals surface area (Å²) in [7, 11) is 0. The lowest BCUT2D eigenvalue weighted by molar-refractivity contribution is -0.197. The highest BCUT2D eigenvalue weighted by Crippen LogP contribution is 2.84. The molecule has 6 nitrogen and oxygen atoms in total. The molecule has 250 valence electrons. The van der Waals surface area contributed by atoms with Gasteiger partial charge in [-0.2, -0.15) is 0 Å². The van der Waals surface area contributed by atoms with E-state index in [1.165, 1.54) is 49.5 Å². The van der Waals surface area contributed by atoms with E-state index in [0.29, 0.717) is 30.1 Å². The second kappa shape index (κ2) is 11.6. The molecule has 4 saturated carbocycles. The first kappa shape index (κ1) is 31.3. The molecule has 2 N–H and O–H groups in total. The van der Waals surface area contributed by atoms with Crippen LogP contribution in [-0.4, -0.2) is 54.1 Å². The Kier molecular flexibility index (Phi) is 7.85. The lowest BCUT2D eigenvalue weighted by Crippen LogP contribution is -2.65. The van der Waals surface area contributed by atoms with E-state index in [-0.39, 0.29) is 30.0 Å². The van der Waals surface area contributed by atoms with E-state index in [1.807, 2.05) is 0 Å². The summed E-state index contributed by atoms with van der Waals surface area (Å²) in [4.78, 5) is 30.2. The number of allylic oxidation sites excluding steroid dienone is 1. The van der Waals surface area contributed by atoms with Gasteiger partial charge in [-0.3, -0.25) is 9.69 Å². The number of carboxylic acids is 1. The van der Waals surface area contributed by atoms with Crippen LogP contribution in [0.3, 0.4) is 0 Å². The van der Waals surface area contributed by atoms with Crippen LogP contribution in [0, 0.1) is 57.7 Å². The van der Waals surface area contributed by atoms with Crippen LogP contribution >= 0.6 is 0 Å². The van der Waals surface area contributed by atoms with Crippen LogP contribution in [0.1, 0.15) is 96.1 Å². The van der Waals surface area contributed by atoms with E-state index in [1.54, 1.807) is 0 Å². The quantitative estimate of drug-likeness (QED) is 0.167. The van der Waals surface area contributed by atoms with Crippen LogP contribution in [0.25, 0.3) is 0 Å². The molecule has 8 rings (SSSR count). The van der Waals surface area contributed by atoms with Crippen molar-refractivity contribution in [3.63, 3.8) is 0 Å². The number of ether oxygens (including phenoxy) is 1. The minimum Gasteiger partial charge on any atom is -0.481 e. The summed E-state index contributed by atoms with van der Waals surface area (Å²) >= 11 is 0. The first-order valence-corrected chi connectivity index (χ1v) is 18.8. The van der Waals surface area contributed by atoms with Crippen molar-refractivity contribution in [3.8, 4) is 0 Å². The molecule has 3 unspecified atom stereocenters. The standard InChI is InChI=1S/C40H56N2O4/c1-25(2)34-17-30-19-38(24-43)33-14-13-26(3)32(33)20-39(30,40(34,38)37(44)45)36-18-31(27-9-5-4-6-10-27)35(46-36)21-41-15-16-42-22-28-11-7-8-12-29(28)23-42/h7-8,11-12,17,24-27,30-33,35-36,41H,4-6,9-10,13-16,18-23H2,1-3H3,(H,44,45)/t26-,30?,31+,32-,33-,35+,36-,38?,39?,40+/m1/s1.